The van der Waals surface area contributed by atoms with E-state index in [1.54, 1.807) is 6.07 Å². The van der Waals surface area contributed by atoms with Crippen LogP contribution in [0.2, 0.25) is 0 Å². The number of benzene rings is 1. The van der Waals surface area contributed by atoms with E-state index in [1.807, 2.05) is 13.8 Å². The first-order valence-electron chi connectivity index (χ1n) is 8.33. The van der Waals surface area contributed by atoms with E-state index in [2.05, 4.69) is 30.3 Å². The van der Waals surface area contributed by atoms with Gasteiger partial charge in [0.15, 0.2) is 5.58 Å². The number of H-pyrrole nitrogens is 1. The highest BCUT2D eigenvalue weighted by Crippen LogP contribution is 2.16. The molecule has 4 N–H and O–H groups in total. The Bertz CT molecular complexity index is 1110. The van der Waals surface area contributed by atoms with Crippen LogP contribution < -0.4 is 21.1 Å². The second-order valence-corrected chi connectivity index (χ2v) is 7.51. The summed E-state index contributed by atoms with van der Waals surface area (Å²) in [5, 5.41) is 6.10. The number of aromatic amines is 1. The van der Waals surface area contributed by atoms with E-state index in [1.165, 1.54) is 18.2 Å². The van der Waals surface area contributed by atoms with Crippen molar-refractivity contribution in [2.75, 3.05) is 30.3 Å². The first-order valence-corrected chi connectivity index (χ1v) is 9.81. The molecule has 0 atom stereocenters. The quantitative estimate of drug-likeness (QED) is 0.417. The molecule has 11 heteroatoms. The van der Waals surface area contributed by atoms with Crippen molar-refractivity contribution in [2.24, 2.45) is 0 Å². The van der Waals surface area contributed by atoms with Crippen LogP contribution in [-0.4, -0.2) is 43.0 Å². The molecule has 27 heavy (non-hydrogen) atoms. The molecule has 0 bridgehead atoms. The molecule has 0 unspecified atom stereocenters. The van der Waals surface area contributed by atoms with Gasteiger partial charge in [0.25, 0.3) is 0 Å². The maximum atomic E-state index is 12.4. The lowest BCUT2D eigenvalue weighted by atomic mass is 10.3. The molecular weight excluding hydrogens is 372 g/mol. The lowest BCUT2D eigenvalue weighted by Gasteiger charge is -2.10. The second-order valence-electron chi connectivity index (χ2n) is 5.75. The summed E-state index contributed by atoms with van der Waals surface area (Å²) in [6.07, 6.45) is 0. The monoisotopic (exact) mass is 392 g/mol. The number of nitrogens with zero attached hydrogens (tertiary/aromatic N) is 2. The number of hydrogen-bond acceptors (Lipinski definition) is 8. The first-order chi connectivity index (χ1) is 12.9. The molecule has 10 nitrogen and oxygen atoms in total. The van der Waals surface area contributed by atoms with Crippen LogP contribution in [-0.2, 0) is 10.0 Å². The Morgan fingerprint density at radius 1 is 1.15 bits per heavy atom. The van der Waals surface area contributed by atoms with E-state index >= 15 is 0 Å². The van der Waals surface area contributed by atoms with E-state index in [4.69, 9.17) is 4.42 Å². The molecule has 2 heterocycles. The summed E-state index contributed by atoms with van der Waals surface area (Å²) >= 11 is 0. The molecule has 0 radical (unpaired) electrons. The van der Waals surface area contributed by atoms with Crippen LogP contribution >= 0.6 is 0 Å². The van der Waals surface area contributed by atoms with Gasteiger partial charge in [0, 0.05) is 31.4 Å². The molecule has 0 saturated heterocycles. The topological polar surface area (TPSA) is 142 Å². The zero-order valence-corrected chi connectivity index (χ0v) is 15.7. The zero-order valence-electron chi connectivity index (χ0n) is 14.9. The summed E-state index contributed by atoms with van der Waals surface area (Å²) in [4.78, 5) is 22.2. The van der Waals surface area contributed by atoms with Crippen molar-refractivity contribution in [3.63, 3.8) is 0 Å². The fraction of sp³-hybridized carbons (Fsp3) is 0.312. The van der Waals surface area contributed by atoms with Crippen LogP contribution in [0, 0.1) is 6.92 Å². The van der Waals surface area contributed by atoms with Crippen molar-refractivity contribution in [1.29, 1.82) is 0 Å². The van der Waals surface area contributed by atoms with Crippen LogP contribution in [0.25, 0.3) is 11.1 Å². The first kappa shape index (κ1) is 18.9. The third-order valence-electron chi connectivity index (χ3n) is 3.61. The largest absolute Gasteiger partial charge is 0.417 e. The number of nitrogens with one attached hydrogen (secondary N) is 4. The molecule has 0 aliphatic rings. The van der Waals surface area contributed by atoms with Crippen molar-refractivity contribution in [3.05, 3.63) is 40.5 Å². The number of oxazole rings is 1. The van der Waals surface area contributed by atoms with Crippen molar-refractivity contribution < 1.29 is 12.8 Å². The Morgan fingerprint density at radius 2 is 1.96 bits per heavy atom. The van der Waals surface area contributed by atoms with Gasteiger partial charge in [-0.05, 0) is 32.0 Å². The highest BCUT2D eigenvalue weighted by Gasteiger charge is 2.15. The van der Waals surface area contributed by atoms with Gasteiger partial charge in [-0.15, -0.1) is 0 Å². The SMILES string of the molecule is CCNc1nc(C)cc(NCCNS(=O)(=O)c2ccc3oc(=O)[nH]c3c2)n1. The number of hydrogen-bond donors (Lipinski definition) is 4. The second kappa shape index (κ2) is 7.76. The average Bonchev–Trinajstić information content (AvgIpc) is 2.98. The Labute approximate surface area is 155 Å². The number of aromatic nitrogens is 3. The summed E-state index contributed by atoms with van der Waals surface area (Å²) in [5.74, 6) is 0.492. The fourth-order valence-electron chi connectivity index (χ4n) is 2.45. The predicted molar refractivity (Wildman–Crippen MR) is 101 cm³/mol. The van der Waals surface area contributed by atoms with Gasteiger partial charge >= 0.3 is 5.76 Å². The minimum Gasteiger partial charge on any atom is -0.408 e. The minimum atomic E-state index is -3.72. The normalized spacial score (nSPS) is 11.6. The Hall–Kier alpha value is -2.92. The van der Waals surface area contributed by atoms with Gasteiger partial charge in [0.1, 0.15) is 5.82 Å². The molecule has 0 aliphatic heterocycles. The summed E-state index contributed by atoms with van der Waals surface area (Å²) in [6.45, 7) is 5.00. The third-order valence-corrected chi connectivity index (χ3v) is 5.07. The van der Waals surface area contributed by atoms with E-state index in [-0.39, 0.29) is 11.4 Å². The van der Waals surface area contributed by atoms with Crippen molar-refractivity contribution >= 4 is 32.9 Å². The summed E-state index contributed by atoms with van der Waals surface area (Å²) in [7, 11) is -3.72. The lowest BCUT2D eigenvalue weighted by Crippen LogP contribution is -2.29. The van der Waals surface area contributed by atoms with Crippen molar-refractivity contribution in [2.45, 2.75) is 18.7 Å². The van der Waals surface area contributed by atoms with Crippen LogP contribution in [0.5, 0.6) is 0 Å². The molecule has 3 aromatic rings. The Kier molecular flexibility index (Phi) is 5.42. The zero-order chi connectivity index (χ0) is 19.4. The molecule has 1 aromatic carbocycles. The summed E-state index contributed by atoms with van der Waals surface area (Å²) < 4.78 is 32.1. The maximum Gasteiger partial charge on any atom is 0.417 e. The van der Waals surface area contributed by atoms with Gasteiger partial charge in [0.05, 0.1) is 10.4 Å². The lowest BCUT2D eigenvalue weighted by molar-refractivity contribution is 0.555. The van der Waals surface area contributed by atoms with E-state index in [0.717, 1.165) is 5.69 Å². The van der Waals surface area contributed by atoms with Gasteiger partial charge < -0.3 is 15.1 Å². The highest BCUT2D eigenvalue weighted by atomic mass is 32.2. The molecule has 0 amide bonds. The smallest absolute Gasteiger partial charge is 0.408 e. The molecule has 2 aromatic heterocycles. The van der Waals surface area contributed by atoms with Gasteiger partial charge in [-0.3, -0.25) is 4.98 Å². The molecular formula is C16H20N6O4S. The number of aryl methyl sites for hydroxylation is 1. The van der Waals surface area contributed by atoms with Crippen LogP contribution in [0.15, 0.2) is 38.4 Å². The van der Waals surface area contributed by atoms with E-state index in [9.17, 15) is 13.2 Å². The number of rotatable bonds is 8. The fourth-order valence-corrected chi connectivity index (χ4v) is 3.51. The van der Waals surface area contributed by atoms with Gasteiger partial charge in [-0.1, -0.05) is 0 Å². The average molecular weight is 392 g/mol. The van der Waals surface area contributed by atoms with Crippen LogP contribution in [0.3, 0.4) is 0 Å². The molecule has 0 fully saturated rings. The number of anilines is 2. The molecule has 0 spiro atoms. The van der Waals surface area contributed by atoms with Crippen molar-refractivity contribution in [1.82, 2.24) is 19.7 Å². The molecule has 3 rings (SSSR count). The van der Waals surface area contributed by atoms with Gasteiger partial charge in [0.2, 0.25) is 16.0 Å². The number of fused-ring (bicyclic) bond motifs is 1. The predicted octanol–water partition coefficient (Wildman–Crippen LogP) is 1.04. The Balaban J connectivity index is 1.61. The van der Waals surface area contributed by atoms with E-state index < -0.39 is 15.8 Å². The van der Waals surface area contributed by atoms with Crippen molar-refractivity contribution in [3.8, 4) is 0 Å². The van der Waals surface area contributed by atoms with Crippen LogP contribution in [0.1, 0.15) is 12.6 Å². The van der Waals surface area contributed by atoms with Gasteiger partial charge in [-0.25, -0.2) is 22.9 Å². The summed E-state index contributed by atoms with van der Waals surface area (Å²) in [5.41, 5.74) is 1.43. The van der Waals surface area contributed by atoms with E-state index in [0.29, 0.717) is 36.0 Å². The number of sulfonamides is 1. The van der Waals surface area contributed by atoms with Gasteiger partial charge in [-0.2, -0.15) is 4.98 Å². The molecule has 0 aliphatic carbocycles. The summed E-state index contributed by atoms with van der Waals surface area (Å²) in [6, 6.07) is 5.95. The Morgan fingerprint density at radius 3 is 2.74 bits per heavy atom. The standard InChI is InChI=1S/C16H20N6O4S/c1-3-17-15-20-10(2)8-14(22-15)18-6-7-19-27(24,25)11-4-5-13-12(9-11)21-16(23)26-13/h4-5,8-9,19H,3,6-7H2,1-2H3,(H,21,23)(H2,17,18,20,22). The minimum absolute atomic E-state index is 0.0411. The van der Waals surface area contributed by atoms with Crippen LogP contribution in [0.4, 0.5) is 11.8 Å². The molecule has 0 saturated carbocycles. The maximum absolute atomic E-state index is 12.4. The highest BCUT2D eigenvalue weighted by molar-refractivity contribution is 7.89. The molecule has 144 valence electrons. The third kappa shape index (κ3) is 4.63.